The molecule has 0 spiro atoms. The standard InChI is InChI=1S/C10H12N4O/c11-7(10(12)15)3-6-1-2-8-9(4-6)14-5-13-8/h1-2,4-5,7H,3,11H2,(H2,12,15)(H,13,14). The highest BCUT2D eigenvalue weighted by molar-refractivity contribution is 5.80. The van der Waals surface area contributed by atoms with Gasteiger partial charge in [-0.15, -0.1) is 0 Å². The minimum atomic E-state index is -0.634. The molecule has 5 nitrogen and oxygen atoms in total. The molecule has 5 heteroatoms. The van der Waals surface area contributed by atoms with Crippen LogP contribution in [0.4, 0.5) is 0 Å². The van der Waals surface area contributed by atoms with Gasteiger partial charge in [0, 0.05) is 0 Å². The van der Waals surface area contributed by atoms with Crippen LogP contribution in [0.5, 0.6) is 0 Å². The lowest BCUT2D eigenvalue weighted by Gasteiger charge is -2.06. The topological polar surface area (TPSA) is 97.8 Å². The van der Waals surface area contributed by atoms with E-state index < -0.39 is 11.9 Å². The summed E-state index contributed by atoms with van der Waals surface area (Å²) in [6, 6.07) is 5.07. The largest absolute Gasteiger partial charge is 0.368 e. The lowest BCUT2D eigenvalue weighted by molar-refractivity contribution is -0.119. The number of aromatic nitrogens is 2. The Morgan fingerprint density at radius 1 is 1.53 bits per heavy atom. The quantitative estimate of drug-likeness (QED) is 0.652. The molecule has 0 saturated heterocycles. The molecule has 2 rings (SSSR count). The number of hydrogen-bond donors (Lipinski definition) is 3. The number of carbonyl (C=O) groups is 1. The van der Waals surface area contributed by atoms with Crippen molar-refractivity contribution in [2.24, 2.45) is 11.5 Å². The molecule has 1 aromatic heterocycles. The average molecular weight is 204 g/mol. The maximum atomic E-state index is 10.8. The zero-order valence-corrected chi connectivity index (χ0v) is 8.10. The summed E-state index contributed by atoms with van der Waals surface area (Å²) in [6.07, 6.45) is 2.08. The minimum Gasteiger partial charge on any atom is -0.368 e. The molecule has 1 atom stereocenters. The van der Waals surface area contributed by atoms with Crippen LogP contribution in [0.2, 0.25) is 0 Å². The molecule has 78 valence electrons. The Labute approximate surface area is 86.5 Å². The van der Waals surface area contributed by atoms with Crippen LogP contribution >= 0.6 is 0 Å². The SMILES string of the molecule is NC(=O)C(N)Cc1ccc2nc[nH]c2c1. The van der Waals surface area contributed by atoms with E-state index in [-0.39, 0.29) is 0 Å². The average Bonchev–Trinajstić information content (AvgIpc) is 2.64. The van der Waals surface area contributed by atoms with Crippen LogP contribution in [-0.4, -0.2) is 21.9 Å². The first-order chi connectivity index (χ1) is 7.16. The molecular weight excluding hydrogens is 192 g/mol. The van der Waals surface area contributed by atoms with Gasteiger partial charge in [0.25, 0.3) is 0 Å². The summed E-state index contributed by atoms with van der Waals surface area (Å²) in [6.45, 7) is 0. The molecule has 0 fully saturated rings. The number of imidazole rings is 1. The molecule has 1 aromatic carbocycles. The van der Waals surface area contributed by atoms with Gasteiger partial charge in [0.05, 0.1) is 23.4 Å². The number of benzene rings is 1. The van der Waals surface area contributed by atoms with Gasteiger partial charge in [-0.3, -0.25) is 4.79 Å². The molecule has 2 aromatic rings. The molecule has 0 aliphatic rings. The van der Waals surface area contributed by atoms with Crippen molar-refractivity contribution < 1.29 is 4.79 Å². The number of primary amides is 1. The Hall–Kier alpha value is -1.88. The molecule has 0 bridgehead atoms. The molecule has 1 amide bonds. The number of nitrogens with two attached hydrogens (primary N) is 2. The van der Waals surface area contributed by atoms with Gasteiger partial charge < -0.3 is 16.5 Å². The first-order valence-electron chi connectivity index (χ1n) is 4.64. The first kappa shape index (κ1) is 9.67. The molecule has 1 unspecified atom stereocenters. The molecule has 0 saturated carbocycles. The number of hydrogen-bond acceptors (Lipinski definition) is 3. The fraction of sp³-hybridized carbons (Fsp3) is 0.200. The van der Waals surface area contributed by atoms with Crippen LogP contribution in [0.15, 0.2) is 24.5 Å². The summed E-state index contributed by atoms with van der Waals surface area (Å²) in [4.78, 5) is 17.9. The van der Waals surface area contributed by atoms with E-state index >= 15 is 0 Å². The molecule has 0 aliphatic heterocycles. The van der Waals surface area contributed by atoms with Crippen molar-refractivity contribution in [3.8, 4) is 0 Å². The second-order valence-electron chi connectivity index (χ2n) is 3.47. The van der Waals surface area contributed by atoms with Gasteiger partial charge in [-0.25, -0.2) is 4.98 Å². The van der Waals surface area contributed by atoms with Gasteiger partial charge in [0.15, 0.2) is 0 Å². The molecule has 15 heavy (non-hydrogen) atoms. The van der Waals surface area contributed by atoms with E-state index in [2.05, 4.69) is 9.97 Å². The summed E-state index contributed by atoms with van der Waals surface area (Å²) in [5.41, 5.74) is 13.5. The first-order valence-corrected chi connectivity index (χ1v) is 4.64. The Morgan fingerprint density at radius 2 is 2.33 bits per heavy atom. The van der Waals surface area contributed by atoms with Gasteiger partial charge >= 0.3 is 0 Å². The zero-order chi connectivity index (χ0) is 10.8. The molecular formula is C10H12N4O. The van der Waals surface area contributed by atoms with Crippen molar-refractivity contribution in [2.75, 3.05) is 0 Å². The zero-order valence-electron chi connectivity index (χ0n) is 8.10. The third-order valence-corrected chi connectivity index (χ3v) is 2.31. The van der Waals surface area contributed by atoms with E-state index in [0.29, 0.717) is 6.42 Å². The van der Waals surface area contributed by atoms with Crippen molar-refractivity contribution in [1.82, 2.24) is 9.97 Å². The van der Waals surface area contributed by atoms with Crippen LogP contribution in [0.3, 0.4) is 0 Å². The monoisotopic (exact) mass is 204 g/mol. The predicted molar refractivity (Wildman–Crippen MR) is 57.0 cm³/mol. The van der Waals surface area contributed by atoms with E-state index in [4.69, 9.17) is 11.5 Å². The van der Waals surface area contributed by atoms with Crippen molar-refractivity contribution in [3.05, 3.63) is 30.1 Å². The van der Waals surface area contributed by atoms with E-state index in [9.17, 15) is 4.79 Å². The number of fused-ring (bicyclic) bond motifs is 1. The predicted octanol–water partition coefficient (Wildman–Crippen LogP) is -0.0820. The highest BCUT2D eigenvalue weighted by atomic mass is 16.1. The lowest BCUT2D eigenvalue weighted by Crippen LogP contribution is -2.38. The van der Waals surface area contributed by atoms with Gasteiger partial charge in [0.1, 0.15) is 0 Å². The molecule has 5 N–H and O–H groups in total. The maximum Gasteiger partial charge on any atom is 0.234 e. The normalized spacial score (nSPS) is 12.9. The van der Waals surface area contributed by atoms with E-state index in [1.165, 1.54) is 0 Å². The van der Waals surface area contributed by atoms with Crippen molar-refractivity contribution >= 4 is 16.9 Å². The number of H-pyrrole nitrogens is 1. The fourth-order valence-corrected chi connectivity index (χ4v) is 1.46. The summed E-state index contributed by atoms with van der Waals surface area (Å²) >= 11 is 0. The number of rotatable bonds is 3. The van der Waals surface area contributed by atoms with Crippen LogP contribution < -0.4 is 11.5 Å². The lowest BCUT2D eigenvalue weighted by atomic mass is 10.1. The van der Waals surface area contributed by atoms with Crippen molar-refractivity contribution in [2.45, 2.75) is 12.5 Å². The Kier molecular flexibility index (Phi) is 2.39. The van der Waals surface area contributed by atoms with E-state index in [1.807, 2.05) is 18.2 Å². The van der Waals surface area contributed by atoms with Crippen LogP contribution in [0.25, 0.3) is 11.0 Å². The number of carbonyl (C=O) groups excluding carboxylic acids is 1. The van der Waals surface area contributed by atoms with Crippen LogP contribution in [0, 0.1) is 0 Å². The van der Waals surface area contributed by atoms with Crippen LogP contribution in [-0.2, 0) is 11.2 Å². The summed E-state index contributed by atoms with van der Waals surface area (Å²) in [7, 11) is 0. The summed E-state index contributed by atoms with van der Waals surface area (Å²) in [5, 5.41) is 0. The van der Waals surface area contributed by atoms with E-state index in [1.54, 1.807) is 6.33 Å². The minimum absolute atomic E-state index is 0.449. The summed E-state index contributed by atoms with van der Waals surface area (Å²) in [5.74, 6) is -0.486. The summed E-state index contributed by atoms with van der Waals surface area (Å²) < 4.78 is 0. The van der Waals surface area contributed by atoms with Gasteiger partial charge in [-0.05, 0) is 24.1 Å². The smallest absolute Gasteiger partial charge is 0.234 e. The van der Waals surface area contributed by atoms with E-state index in [0.717, 1.165) is 16.6 Å². The second-order valence-corrected chi connectivity index (χ2v) is 3.47. The van der Waals surface area contributed by atoms with Crippen molar-refractivity contribution in [1.29, 1.82) is 0 Å². The highest BCUT2D eigenvalue weighted by Crippen LogP contribution is 2.12. The molecule has 0 radical (unpaired) electrons. The molecule has 0 aliphatic carbocycles. The second kappa shape index (κ2) is 3.70. The third kappa shape index (κ3) is 1.97. The number of aromatic amines is 1. The van der Waals surface area contributed by atoms with Crippen LogP contribution in [0.1, 0.15) is 5.56 Å². The number of amides is 1. The Bertz CT molecular complexity index is 491. The molecule has 1 heterocycles. The number of nitrogens with zero attached hydrogens (tertiary/aromatic N) is 1. The number of nitrogens with one attached hydrogen (secondary N) is 1. The van der Waals surface area contributed by atoms with Gasteiger partial charge in [-0.2, -0.15) is 0 Å². The van der Waals surface area contributed by atoms with Crippen molar-refractivity contribution in [3.63, 3.8) is 0 Å². The van der Waals surface area contributed by atoms with Gasteiger partial charge in [-0.1, -0.05) is 6.07 Å². The van der Waals surface area contributed by atoms with Gasteiger partial charge in [0.2, 0.25) is 5.91 Å². The maximum absolute atomic E-state index is 10.8. The third-order valence-electron chi connectivity index (χ3n) is 2.31. The highest BCUT2D eigenvalue weighted by Gasteiger charge is 2.10. The Balaban J connectivity index is 2.24. The fourth-order valence-electron chi connectivity index (χ4n) is 1.46. The Morgan fingerprint density at radius 3 is 3.07 bits per heavy atom.